The van der Waals surface area contributed by atoms with Crippen molar-refractivity contribution < 1.29 is 14.3 Å². The molecule has 3 heterocycles. The average Bonchev–Trinajstić information content (AvgIpc) is 3.25. The number of nitrogens with zero attached hydrogens (tertiary/aromatic N) is 5. The number of pyridine rings is 1. The lowest BCUT2D eigenvalue weighted by Gasteiger charge is -2.28. The van der Waals surface area contributed by atoms with Crippen molar-refractivity contribution >= 4 is 29.2 Å². The maximum atomic E-state index is 13.1. The quantitative estimate of drug-likeness (QED) is 0.270. The Bertz CT molecular complexity index is 1640. The fourth-order valence-corrected chi connectivity index (χ4v) is 4.50. The summed E-state index contributed by atoms with van der Waals surface area (Å²) in [6.07, 6.45) is 1.62. The first kappa shape index (κ1) is 29.5. The Balaban J connectivity index is 1.63. The minimum absolute atomic E-state index is 0.200. The van der Waals surface area contributed by atoms with E-state index in [1.165, 1.54) is 0 Å². The lowest BCUT2D eigenvalue weighted by molar-refractivity contribution is 0.0468. The molecule has 212 valence electrons. The van der Waals surface area contributed by atoms with Gasteiger partial charge in [0.25, 0.3) is 5.91 Å². The molecule has 1 aromatic carbocycles. The molecule has 11 heteroatoms. The number of aryl methyl sites for hydroxylation is 1. The maximum Gasteiger partial charge on any atom is 0.408 e. The molecule has 0 radical (unpaired) electrons. The number of aromatic nitrogens is 4. The first-order chi connectivity index (χ1) is 19.2. The highest BCUT2D eigenvalue weighted by Crippen LogP contribution is 2.36. The van der Waals surface area contributed by atoms with Gasteiger partial charge in [0.15, 0.2) is 5.65 Å². The lowest BCUT2D eigenvalue weighted by Crippen LogP contribution is -2.47. The van der Waals surface area contributed by atoms with Crippen molar-refractivity contribution in [3.8, 4) is 28.5 Å². The van der Waals surface area contributed by atoms with E-state index in [2.05, 4.69) is 26.7 Å². The monoisotopic (exact) mass is 573 g/mol. The fourth-order valence-electron chi connectivity index (χ4n) is 4.25. The summed E-state index contributed by atoms with van der Waals surface area (Å²) in [4.78, 5) is 34.2. The highest BCUT2D eigenvalue weighted by molar-refractivity contribution is 6.29. The summed E-state index contributed by atoms with van der Waals surface area (Å²) >= 11 is 6.30. The molecule has 0 bridgehead atoms. The number of rotatable bonds is 7. The summed E-state index contributed by atoms with van der Waals surface area (Å²) in [5.41, 5.74) is 3.33. The fraction of sp³-hybridized carbons (Fsp3) is 0.333. The third-order valence-corrected chi connectivity index (χ3v) is 6.26. The molecule has 4 aromatic rings. The largest absolute Gasteiger partial charge is 0.444 e. The van der Waals surface area contributed by atoms with Crippen molar-refractivity contribution in [2.24, 2.45) is 0 Å². The van der Waals surface area contributed by atoms with Crippen molar-refractivity contribution in [3.63, 3.8) is 0 Å². The summed E-state index contributed by atoms with van der Waals surface area (Å²) in [5.74, 6) is -0.371. The van der Waals surface area contributed by atoms with Crippen LogP contribution in [0.25, 0.3) is 28.0 Å². The predicted octanol–water partition coefficient (Wildman–Crippen LogP) is 5.72. The van der Waals surface area contributed by atoms with Gasteiger partial charge in [-0.05, 0) is 83.9 Å². The van der Waals surface area contributed by atoms with E-state index in [-0.39, 0.29) is 11.6 Å². The summed E-state index contributed by atoms with van der Waals surface area (Å²) in [5, 5.41) is 20.2. The number of amides is 2. The number of halogens is 1. The first-order valence-corrected chi connectivity index (χ1v) is 13.5. The van der Waals surface area contributed by atoms with E-state index in [9.17, 15) is 14.9 Å². The average molecular weight is 574 g/mol. The number of carbonyl (C=O) groups is 2. The van der Waals surface area contributed by atoms with E-state index >= 15 is 0 Å². The Kier molecular flexibility index (Phi) is 8.31. The molecule has 41 heavy (non-hydrogen) atoms. The minimum Gasteiger partial charge on any atom is -0.444 e. The molecule has 10 nitrogen and oxygen atoms in total. The van der Waals surface area contributed by atoms with Gasteiger partial charge in [-0.1, -0.05) is 23.7 Å². The van der Waals surface area contributed by atoms with Crippen LogP contribution in [0.4, 0.5) is 4.79 Å². The molecule has 0 fully saturated rings. The van der Waals surface area contributed by atoms with Gasteiger partial charge >= 0.3 is 6.09 Å². The molecule has 4 rings (SSSR count). The van der Waals surface area contributed by atoms with Gasteiger partial charge in [-0.2, -0.15) is 10.4 Å². The molecule has 0 atom stereocenters. The lowest BCUT2D eigenvalue weighted by atomic mass is 10.00. The SMILES string of the molecule is Cc1cc(-c2c(-c3cccc(C#N)c3)nn3ccc(C(=O)NCCC(C)(C)NC(=O)OC(C)(C)C)nc23)cc(Cl)n1. The van der Waals surface area contributed by atoms with Crippen LogP contribution in [-0.2, 0) is 4.74 Å². The Hall–Kier alpha value is -4.49. The Morgan fingerprint density at radius 3 is 2.51 bits per heavy atom. The number of alkyl carbamates (subject to hydrolysis) is 1. The topological polar surface area (TPSA) is 134 Å². The van der Waals surface area contributed by atoms with E-state index in [1.807, 2.05) is 32.9 Å². The maximum absolute atomic E-state index is 13.1. The zero-order valence-electron chi connectivity index (χ0n) is 23.9. The van der Waals surface area contributed by atoms with Crippen LogP contribution in [0.3, 0.4) is 0 Å². The molecular formula is C30H32ClN7O3. The van der Waals surface area contributed by atoms with Crippen LogP contribution in [-0.4, -0.2) is 49.3 Å². The van der Waals surface area contributed by atoms with Crippen molar-refractivity contribution in [2.45, 2.75) is 59.1 Å². The van der Waals surface area contributed by atoms with E-state index in [0.717, 1.165) is 11.1 Å². The van der Waals surface area contributed by atoms with Crippen LogP contribution in [0.2, 0.25) is 5.15 Å². The molecule has 0 unspecified atom stereocenters. The van der Waals surface area contributed by atoms with Crippen molar-refractivity contribution in [1.82, 2.24) is 30.2 Å². The van der Waals surface area contributed by atoms with Crippen LogP contribution >= 0.6 is 11.6 Å². The number of nitrogens with one attached hydrogen (secondary N) is 2. The van der Waals surface area contributed by atoms with Gasteiger partial charge in [0.05, 0.1) is 17.2 Å². The van der Waals surface area contributed by atoms with Crippen LogP contribution in [0.5, 0.6) is 0 Å². The number of ether oxygens (including phenoxy) is 1. The number of nitriles is 1. The number of hydrogen-bond acceptors (Lipinski definition) is 7. The van der Waals surface area contributed by atoms with Gasteiger partial charge < -0.3 is 15.4 Å². The van der Waals surface area contributed by atoms with Crippen LogP contribution in [0.15, 0.2) is 48.7 Å². The number of benzene rings is 1. The van der Waals surface area contributed by atoms with Crippen molar-refractivity contribution in [3.05, 3.63) is 70.8 Å². The van der Waals surface area contributed by atoms with Gasteiger partial charge in [-0.25, -0.2) is 19.3 Å². The molecule has 0 saturated heterocycles. The molecule has 0 aliphatic carbocycles. The molecule has 0 aliphatic heterocycles. The minimum atomic E-state index is -0.614. The van der Waals surface area contributed by atoms with Gasteiger partial charge in [-0.3, -0.25) is 4.79 Å². The molecular weight excluding hydrogens is 542 g/mol. The van der Waals surface area contributed by atoms with Gasteiger partial charge in [0.1, 0.15) is 22.1 Å². The normalized spacial score (nSPS) is 11.7. The second kappa shape index (κ2) is 11.6. The Morgan fingerprint density at radius 2 is 1.83 bits per heavy atom. The van der Waals surface area contributed by atoms with Crippen LogP contribution < -0.4 is 10.6 Å². The predicted molar refractivity (Wildman–Crippen MR) is 157 cm³/mol. The van der Waals surface area contributed by atoms with E-state index < -0.39 is 17.2 Å². The zero-order valence-corrected chi connectivity index (χ0v) is 24.6. The standard InChI is InChI=1S/C30H32ClN7O3/c1-18-14-21(16-23(31)34-18)24-25(20-9-7-8-19(15-20)17-32)37-38-13-10-22(35-26(24)38)27(39)33-12-11-30(5,6)36-28(40)41-29(2,3)4/h7-10,13-16H,11-12H2,1-6H3,(H,33,39)(H,36,40). The summed E-state index contributed by atoms with van der Waals surface area (Å²) in [6, 6.07) is 14.5. The Morgan fingerprint density at radius 1 is 1.07 bits per heavy atom. The van der Waals surface area contributed by atoms with E-state index in [4.69, 9.17) is 21.4 Å². The van der Waals surface area contributed by atoms with Crippen LogP contribution in [0, 0.1) is 18.3 Å². The number of hydrogen-bond donors (Lipinski definition) is 2. The molecule has 0 aliphatic rings. The summed E-state index contributed by atoms with van der Waals surface area (Å²) < 4.78 is 6.93. The summed E-state index contributed by atoms with van der Waals surface area (Å²) in [7, 11) is 0. The van der Waals surface area contributed by atoms with Crippen molar-refractivity contribution in [1.29, 1.82) is 5.26 Å². The third kappa shape index (κ3) is 7.38. The van der Waals surface area contributed by atoms with Crippen molar-refractivity contribution in [2.75, 3.05) is 6.54 Å². The highest BCUT2D eigenvalue weighted by atomic mass is 35.5. The molecule has 2 amide bonds. The van der Waals surface area contributed by atoms with Gasteiger partial charge in [0, 0.05) is 29.5 Å². The second-order valence-corrected chi connectivity index (χ2v) is 11.7. The smallest absolute Gasteiger partial charge is 0.408 e. The summed E-state index contributed by atoms with van der Waals surface area (Å²) in [6.45, 7) is 11.2. The molecule has 2 N–H and O–H groups in total. The number of fused-ring (bicyclic) bond motifs is 1. The van der Waals surface area contributed by atoms with Gasteiger partial charge in [0.2, 0.25) is 0 Å². The van der Waals surface area contributed by atoms with Crippen LogP contribution in [0.1, 0.15) is 62.8 Å². The Labute approximate surface area is 243 Å². The second-order valence-electron chi connectivity index (χ2n) is 11.3. The molecule has 0 spiro atoms. The number of carbonyl (C=O) groups excluding carboxylic acids is 2. The molecule has 0 saturated carbocycles. The van der Waals surface area contributed by atoms with Gasteiger partial charge in [-0.15, -0.1) is 0 Å². The zero-order chi connectivity index (χ0) is 29.9. The van der Waals surface area contributed by atoms with E-state index in [0.29, 0.717) is 46.3 Å². The van der Waals surface area contributed by atoms with E-state index in [1.54, 1.807) is 61.8 Å². The third-order valence-electron chi connectivity index (χ3n) is 6.07. The molecule has 3 aromatic heterocycles. The highest BCUT2D eigenvalue weighted by Gasteiger charge is 2.25. The first-order valence-electron chi connectivity index (χ1n) is 13.1.